The van der Waals surface area contributed by atoms with E-state index < -0.39 is 0 Å². The van der Waals surface area contributed by atoms with Gasteiger partial charge in [0.25, 0.3) is 0 Å². The normalized spacial score (nSPS) is 49.0. The third-order valence-corrected chi connectivity index (χ3v) is 14.1. The minimum atomic E-state index is 0.470. The summed E-state index contributed by atoms with van der Waals surface area (Å²) < 4.78 is 0. The van der Waals surface area contributed by atoms with Crippen LogP contribution in [0, 0.1) is 86.3 Å². The fraction of sp³-hybridized carbons (Fsp3) is 1.00. The van der Waals surface area contributed by atoms with Crippen molar-refractivity contribution >= 4 is 0 Å². The molecule has 0 saturated heterocycles. The summed E-state index contributed by atoms with van der Waals surface area (Å²) in [6.07, 6.45) is 13.7. The van der Waals surface area contributed by atoms with E-state index >= 15 is 0 Å². The van der Waals surface area contributed by atoms with Crippen LogP contribution in [-0.2, 0) is 0 Å². The van der Waals surface area contributed by atoms with Gasteiger partial charge in [0.05, 0.1) is 0 Å². The fourth-order valence-corrected chi connectivity index (χ4v) is 12.1. The van der Waals surface area contributed by atoms with E-state index in [9.17, 15) is 0 Å². The van der Waals surface area contributed by atoms with Gasteiger partial charge in [-0.3, -0.25) is 0 Å². The van der Waals surface area contributed by atoms with Crippen molar-refractivity contribution < 1.29 is 0 Å². The second-order valence-electron chi connectivity index (χ2n) is 19.4. The second kappa shape index (κ2) is 8.50. The summed E-state index contributed by atoms with van der Waals surface area (Å²) in [6, 6.07) is 0. The van der Waals surface area contributed by atoms with E-state index in [0.29, 0.717) is 27.1 Å². The van der Waals surface area contributed by atoms with Crippen LogP contribution in [0.3, 0.4) is 0 Å². The summed E-state index contributed by atoms with van der Waals surface area (Å²) in [7, 11) is 0. The van der Waals surface area contributed by atoms with Crippen LogP contribution < -0.4 is 0 Å². The molecule has 0 nitrogen and oxygen atoms in total. The zero-order valence-corrected chi connectivity index (χ0v) is 26.6. The Balaban J connectivity index is 1.51. The van der Waals surface area contributed by atoms with Gasteiger partial charge < -0.3 is 0 Å². The van der Waals surface area contributed by atoms with Crippen LogP contribution in [0.15, 0.2) is 0 Å². The quantitative estimate of drug-likeness (QED) is 0.338. The molecule has 0 N–H and O–H groups in total. The molecule has 0 aromatic rings. The lowest BCUT2D eigenvalue weighted by molar-refractivity contribution is 0.00513. The van der Waals surface area contributed by atoms with Gasteiger partial charge in [-0.25, -0.2) is 0 Å². The summed E-state index contributed by atoms with van der Waals surface area (Å²) >= 11 is 0. The van der Waals surface area contributed by atoms with Crippen LogP contribution in [0.5, 0.6) is 0 Å². The minimum absolute atomic E-state index is 0.470. The van der Waals surface area contributed by atoms with Crippen molar-refractivity contribution in [2.75, 3.05) is 0 Å². The van der Waals surface area contributed by atoms with E-state index in [1.807, 2.05) is 0 Å². The first-order valence-electron chi connectivity index (χ1n) is 16.3. The Kier molecular flexibility index (Phi) is 6.51. The third-order valence-electron chi connectivity index (χ3n) is 14.1. The summed E-state index contributed by atoms with van der Waals surface area (Å²) in [5.41, 5.74) is 2.52. The highest BCUT2D eigenvalue weighted by atomic mass is 14.7. The van der Waals surface area contributed by atoms with Gasteiger partial charge in [0, 0.05) is 0 Å². The van der Waals surface area contributed by atoms with Crippen molar-refractivity contribution in [3.05, 3.63) is 0 Å². The summed E-state index contributed by atoms with van der Waals surface area (Å²) in [5, 5.41) is 0. The smallest absolute Gasteiger partial charge is 0.0256 e. The predicted molar refractivity (Wildman–Crippen MR) is 157 cm³/mol. The average Bonchev–Trinajstić information content (AvgIpc) is 3.37. The van der Waals surface area contributed by atoms with Crippen LogP contribution >= 0.6 is 0 Å². The highest BCUT2D eigenvalue weighted by Crippen LogP contribution is 2.74. The van der Waals surface area contributed by atoms with Crippen LogP contribution in [0.25, 0.3) is 0 Å². The Bertz CT molecular complexity index is 772. The molecule has 5 aliphatic carbocycles. The highest BCUT2D eigenvalue weighted by molar-refractivity contribution is 5.16. The van der Waals surface area contributed by atoms with Crippen molar-refractivity contribution in [2.24, 2.45) is 86.3 Å². The Hall–Kier alpha value is 0. The molecule has 0 heteroatoms. The molecule has 10 atom stereocenters. The SMILES string of the molecule is CC(C)(C)C1CCC2C(C1)C1CC(C(C)(C)C)CCC1C2C1(C)CC(C)(C)C2CC(C(C)(C)C)CC21. The van der Waals surface area contributed by atoms with Gasteiger partial charge in [-0.2, -0.15) is 0 Å². The molecule has 0 spiro atoms. The van der Waals surface area contributed by atoms with Gasteiger partial charge in [0.1, 0.15) is 0 Å². The largest absolute Gasteiger partial charge is 0.0599 e. The summed E-state index contributed by atoms with van der Waals surface area (Å²) in [5.74, 6) is 9.80. The van der Waals surface area contributed by atoms with Crippen molar-refractivity contribution in [2.45, 2.75) is 141 Å². The molecule has 10 unspecified atom stereocenters. The summed E-state index contributed by atoms with van der Waals surface area (Å²) in [4.78, 5) is 0. The van der Waals surface area contributed by atoms with Crippen molar-refractivity contribution in [1.82, 2.24) is 0 Å². The molecule has 0 amide bonds. The Morgan fingerprint density at radius 2 is 0.889 bits per heavy atom. The molecule has 0 aliphatic heterocycles. The van der Waals surface area contributed by atoms with Crippen LogP contribution in [0.1, 0.15) is 141 Å². The third kappa shape index (κ3) is 4.37. The van der Waals surface area contributed by atoms with Gasteiger partial charge >= 0.3 is 0 Å². The molecule has 0 bridgehead atoms. The maximum Gasteiger partial charge on any atom is -0.0256 e. The number of fused-ring (bicyclic) bond motifs is 4. The number of hydrogen-bond acceptors (Lipinski definition) is 0. The number of hydrogen-bond donors (Lipinski definition) is 0. The fourth-order valence-electron chi connectivity index (χ4n) is 12.1. The molecule has 5 rings (SSSR count). The lowest BCUT2D eigenvalue weighted by Crippen LogP contribution is -2.41. The molecule has 0 heterocycles. The Morgan fingerprint density at radius 3 is 1.31 bits per heavy atom. The first-order chi connectivity index (χ1) is 16.3. The first kappa shape index (κ1) is 27.6. The maximum absolute atomic E-state index is 2.86. The molecule has 5 fully saturated rings. The zero-order valence-electron chi connectivity index (χ0n) is 26.6. The first-order valence-corrected chi connectivity index (χ1v) is 16.3. The van der Waals surface area contributed by atoms with E-state index in [2.05, 4.69) is 83.1 Å². The molecular weight excluding hydrogens is 432 g/mol. The van der Waals surface area contributed by atoms with Crippen molar-refractivity contribution in [3.63, 3.8) is 0 Å². The standard InChI is InChI=1S/C36H64/c1-32(2,3)22-13-15-25-27(17-22)28-18-23(33(4,5)6)14-16-26(28)31(25)36(12)21-35(10,11)29-19-24(20-30(29)36)34(7,8)9/h22-31H,13-21H2,1-12H3. The van der Waals surface area contributed by atoms with Crippen LogP contribution in [-0.4, -0.2) is 0 Å². The molecule has 0 radical (unpaired) electrons. The lowest BCUT2D eigenvalue weighted by Gasteiger charge is -2.48. The minimum Gasteiger partial charge on any atom is -0.0599 e. The predicted octanol–water partition coefficient (Wildman–Crippen LogP) is 10.9. The highest BCUT2D eigenvalue weighted by Gasteiger charge is 2.67. The molecule has 0 aromatic heterocycles. The lowest BCUT2D eigenvalue weighted by atomic mass is 9.57. The summed E-state index contributed by atoms with van der Waals surface area (Å²) in [6.45, 7) is 31.1. The van der Waals surface area contributed by atoms with E-state index in [0.717, 1.165) is 59.2 Å². The van der Waals surface area contributed by atoms with Crippen LogP contribution in [0.2, 0.25) is 0 Å². The number of rotatable bonds is 1. The molecule has 208 valence electrons. The topological polar surface area (TPSA) is 0 Å². The molecule has 5 saturated carbocycles. The Labute approximate surface area is 226 Å². The van der Waals surface area contributed by atoms with Gasteiger partial charge in [0.2, 0.25) is 0 Å². The van der Waals surface area contributed by atoms with Crippen molar-refractivity contribution in [3.8, 4) is 0 Å². The molecule has 5 aliphatic rings. The van der Waals surface area contributed by atoms with E-state index in [4.69, 9.17) is 0 Å². The van der Waals surface area contributed by atoms with Gasteiger partial charge in [-0.1, -0.05) is 83.1 Å². The molecule has 0 aromatic carbocycles. The van der Waals surface area contributed by atoms with Gasteiger partial charge in [-0.05, 0) is 144 Å². The monoisotopic (exact) mass is 497 g/mol. The molecule has 36 heavy (non-hydrogen) atoms. The van der Waals surface area contributed by atoms with Crippen LogP contribution in [0.4, 0.5) is 0 Å². The van der Waals surface area contributed by atoms with E-state index in [1.54, 1.807) is 25.7 Å². The van der Waals surface area contributed by atoms with Gasteiger partial charge in [-0.15, -0.1) is 0 Å². The second-order valence-corrected chi connectivity index (χ2v) is 19.4. The van der Waals surface area contributed by atoms with Crippen molar-refractivity contribution in [1.29, 1.82) is 0 Å². The maximum atomic E-state index is 2.86. The molecular formula is C36H64. The zero-order chi connectivity index (χ0) is 26.6. The van der Waals surface area contributed by atoms with E-state index in [1.165, 1.54) is 32.1 Å². The average molecular weight is 497 g/mol. The van der Waals surface area contributed by atoms with Gasteiger partial charge in [0.15, 0.2) is 0 Å². The Morgan fingerprint density at radius 1 is 0.472 bits per heavy atom. The van der Waals surface area contributed by atoms with E-state index in [-0.39, 0.29) is 0 Å².